The van der Waals surface area contributed by atoms with E-state index in [0.29, 0.717) is 0 Å². The smallest absolute Gasteiger partial charge is 0.150 e. The van der Waals surface area contributed by atoms with Gasteiger partial charge in [0.1, 0.15) is 11.6 Å². The lowest BCUT2D eigenvalue weighted by Crippen LogP contribution is -2.20. The molecular formula is C15H22N4O. The van der Waals surface area contributed by atoms with Crippen LogP contribution in [0.5, 0.6) is 5.75 Å². The molecule has 2 rings (SSSR count). The molecule has 0 amide bonds. The quantitative estimate of drug-likeness (QED) is 0.908. The maximum absolute atomic E-state index is 6.18. The molecule has 0 bridgehead atoms. The van der Waals surface area contributed by atoms with Gasteiger partial charge in [0.15, 0.2) is 0 Å². The van der Waals surface area contributed by atoms with Crippen LogP contribution in [0.25, 0.3) is 0 Å². The van der Waals surface area contributed by atoms with Crippen molar-refractivity contribution in [2.24, 2.45) is 7.05 Å². The number of methoxy groups -OCH3 is 1. The van der Waals surface area contributed by atoms with Gasteiger partial charge in [-0.2, -0.15) is 5.10 Å². The Morgan fingerprint density at radius 2 is 2.15 bits per heavy atom. The predicted molar refractivity (Wildman–Crippen MR) is 82.1 cm³/mol. The Balaban J connectivity index is 2.23. The van der Waals surface area contributed by atoms with Crippen LogP contribution in [-0.2, 0) is 20.0 Å². The Bertz CT molecular complexity index is 592. The summed E-state index contributed by atoms with van der Waals surface area (Å²) in [6, 6.07) is 8.04. The minimum atomic E-state index is 0.754. The van der Waals surface area contributed by atoms with Crippen molar-refractivity contribution in [1.29, 1.82) is 0 Å². The SMILES string of the molecule is CCc1nn(C)c(N(C)Cc2cccc(OC)c2)c1N. The van der Waals surface area contributed by atoms with E-state index in [-0.39, 0.29) is 0 Å². The van der Waals surface area contributed by atoms with Gasteiger partial charge in [0.05, 0.1) is 18.5 Å². The van der Waals surface area contributed by atoms with Crippen LogP contribution >= 0.6 is 0 Å². The molecule has 1 aromatic heterocycles. The molecule has 0 saturated carbocycles. The van der Waals surface area contributed by atoms with Crippen molar-refractivity contribution in [3.05, 3.63) is 35.5 Å². The van der Waals surface area contributed by atoms with E-state index in [1.807, 2.05) is 37.0 Å². The molecule has 0 saturated heterocycles. The van der Waals surface area contributed by atoms with Gasteiger partial charge in [-0.25, -0.2) is 0 Å². The standard InChI is InChI=1S/C15H22N4O/c1-5-13-14(16)15(19(3)17-13)18(2)10-11-7-6-8-12(9-11)20-4/h6-9H,5,10,16H2,1-4H3. The lowest BCUT2D eigenvalue weighted by atomic mass is 10.2. The average molecular weight is 274 g/mol. The third-order valence-electron chi connectivity index (χ3n) is 3.38. The first-order chi connectivity index (χ1) is 9.56. The Morgan fingerprint density at radius 1 is 1.40 bits per heavy atom. The van der Waals surface area contributed by atoms with Gasteiger partial charge in [0.25, 0.3) is 0 Å². The maximum atomic E-state index is 6.18. The average Bonchev–Trinajstić information content (AvgIpc) is 2.73. The summed E-state index contributed by atoms with van der Waals surface area (Å²) in [7, 11) is 5.62. The van der Waals surface area contributed by atoms with Crippen molar-refractivity contribution in [2.75, 3.05) is 24.8 Å². The molecule has 5 heteroatoms. The van der Waals surface area contributed by atoms with Crippen molar-refractivity contribution in [1.82, 2.24) is 9.78 Å². The summed E-state index contributed by atoms with van der Waals surface area (Å²) < 4.78 is 7.09. The van der Waals surface area contributed by atoms with Gasteiger partial charge in [-0.3, -0.25) is 4.68 Å². The summed E-state index contributed by atoms with van der Waals surface area (Å²) in [5.74, 6) is 1.81. The van der Waals surface area contributed by atoms with Crippen molar-refractivity contribution < 1.29 is 4.74 Å². The van der Waals surface area contributed by atoms with Crippen molar-refractivity contribution in [3.63, 3.8) is 0 Å². The maximum Gasteiger partial charge on any atom is 0.150 e. The first-order valence-corrected chi connectivity index (χ1v) is 6.72. The fraction of sp³-hybridized carbons (Fsp3) is 0.400. The highest BCUT2D eigenvalue weighted by atomic mass is 16.5. The van der Waals surface area contributed by atoms with Crippen LogP contribution in [0.4, 0.5) is 11.5 Å². The van der Waals surface area contributed by atoms with Gasteiger partial charge in [0, 0.05) is 20.6 Å². The molecule has 5 nitrogen and oxygen atoms in total. The van der Waals surface area contributed by atoms with Crippen molar-refractivity contribution >= 4 is 11.5 Å². The molecule has 0 fully saturated rings. The summed E-state index contributed by atoms with van der Waals surface area (Å²) in [6.07, 6.45) is 0.840. The van der Waals surface area contributed by atoms with Crippen LogP contribution in [0.3, 0.4) is 0 Å². The van der Waals surface area contributed by atoms with Gasteiger partial charge in [-0.1, -0.05) is 19.1 Å². The number of aromatic nitrogens is 2. The van der Waals surface area contributed by atoms with E-state index < -0.39 is 0 Å². The number of anilines is 2. The van der Waals surface area contributed by atoms with Crippen LogP contribution in [-0.4, -0.2) is 23.9 Å². The second-order valence-electron chi connectivity index (χ2n) is 4.87. The number of rotatable bonds is 5. The van der Waals surface area contributed by atoms with Crippen molar-refractivity contribution in [3.8, 4) is 5.75 Å². The second-order valence-corrected chi connectivity index (χ2v) is 4.87. The minimum Gasteiger partial charge on any atom is -0.497 e. The largest absolute Gasteiger partial charge is 0.497 e. The number of nitrogens with two attached hydrogens (primary N) is 1. The van der Waals surface area contributed by atoms with Crippen LogP contribution in [0, 0.1) is 0 Å². The van der Waals surface area contributed by atoms with E-state index in [9.17, 15) is 0 Å². The number of ether oxygens (including phenoxy) is 1. The van der Waals surface area contributed by atoms with Crippen LogP contribution in [0.2, 0.25) is 0 Å². The zero-order chi connectivity index (χ0) is 14.7. The summed E-state index contributed by atoms with van der Waals surface area (Å²) in [6.45, 7) is 2.81. The van der Waals surface area contributed by atoms with E-state index in [2.05, 4.69) is 23.0 Å². The van der Waals surface area contributed by atoms with E-state index in [0.717, 1.165) is 35.9 Å². The third kappa shape index (κ3) is 2.71. The van der Waals surface area contributed by atoms with Gasteiger partial charge in [0.2, 0.25) is 0 Å². The lowest BCUT2D eigenvalue weighted by molar-refractivity contribution is 0.414. The number of hydrogen-bond donors (Lipinski definition) is 1. The second kappa shape index (κ2) is 5.86. The van der Waals surface area contributed by atoms with E-state index >= 15 is 0 Å². The number of nitrogens with zero attached hydrogens (tertiary/aromatic N) is 3. The zero-order valence-corrected chi connectivity index (χ0v) is 12.6. The summed E-state index contributed by atoms with van der Waals surface area (Å²) in [4.78, 5) is 2.11. The van der Waals surface area contributed by atoms with E-state index in [1.54, 1.807) is 7.11 Å². The van der Waals surface area contributed by atoms with Crippen molar-refractivity contribution in [2.45, 2.75) is 19.9 Å². The van der Waals surface area contributed by atoms with Crippen LogP contribution in [0.15, 0.2) is 24.3 Å². The monoisotopic (exact) mass is 274 g/mol. The van der Waals surface area contributed by atoms with E-state index in [4.69, 9.17) is 10.5 Å². The van der Waals surface area contributed by atoms with Gasteiger partial charge < -0.3 is 15.4 Å². The molecule has 0 radical (unpaired) electrons. The third-order valence-corrected chi connectivity index (χ3v) is 3.38. The van der Waals surface area contributed by atoms with Gasteiger partial charge >= 0.3 is 0 Å². The highest BCUT2D eigenvalue weighted by molar-refractivity contribution is 5.66. The Kier molecular flexibility index (Phi) is 4.17. The van der Waals surface area contributed by atoms with Crippen LogP contribution in [0.1, 0.15) is 18.2 Å². The molecule has 108 valence electrons. The van der Waals surface area contributed by atoms with E-state index in [1.165, 1.54) is 5.56 Å². The number of nitrogen functional groups attached to an aromatic ring is 1. The Hall–Kier alpha value is -2.17. The lowest BCUT2D eigenvalue weighted by Gasteiger charge is -2.20. The molecule has 1 heterocycles. The molecule has 1 aromatic carbocycles. The molecular weight excluding hydrogens is 252 g/mol. The molecule has 0 aliphatic rings. The molecule has 0 aliphatic heterocycles. The molecule has 2 N–H and O–H groups in total. The molecule has 20 heavy (non-hydrogen) atoms. The normalized spacial score (nSPS) is 10.6. The summed E-state index contributed by atoms with van der Waals surface area (Å²) in [5.41, 5.74) is 9.06. The number of benzene rings is 1. The van der Waals surface area contributed by atoms with Gasteiger partial charge in [-0.15, -0.1) is 0 Å². The minimum absolute atomic E-state index is 0.754. The zero-order valence-electron chi connectivity index (χ0n) is 12.6. The topological polar surface area (TPSA) is 56.3 Å². The molecule has 0 aliphatic carbocycles. The Morgan fingerprint density at radius 3 is 2.75 bits per heavy atom. The predicted octanol–water partition coefficient (Wildman–Crippen LogP) is 2.21. The number of aryl methyl sites for hydroxylation is 2. The highest BCUT2D eigenvalue weighted by Gasteiger charge is 2.16. The van der Waals surface area contributed by atoms with Gasteiger partial charge in [-0.05, 0) is 24.1 Å². The fourth-order valence-corrected chi connectivity index (χ4v) is 2.42. The number of hydrogen-bond acceptors (Lipinski definition) is 4. The summed E-state index contributed by atoms with van der Waals surface area (Å²) in [5, 5.41) is 4.45. The molecule has 2 aromatic rings. The summed E-state index contributed by atoms with van der Waals surface area (Å²) >= 11 is 0. The van der Waals surface area contributed by atoms with Crippen LogP contribution < -0.4 is 15.4 Å². The first kappa shape index (κ1) is 14.2. The highest BCUT2D eigenvalue weighted by Crippen LogP contribution is 2.27. The molecule has 0 unspecified atom stereocenters. The fourth-order valence-electron chi connectivity index (χ4n) is 2.42. The molecule has 0 atom stereocenters. The Labute approximate surface area is 119 Å². The molecule has 0 spiro atoms. The first-order valence-electron chi connectivity index (χ1n) is 6.72.